The van der Waals surface area contributed by atoms with Gasteiger partial charge in [0.25, 0.3) is 15.9 Å². The van der Waals surface area contributed by atoms with Crippen LogP contribution in [0.2, 0.25) is 0 Å². The summed E-state index contributed by atoms with van der Waals surface area (Å²) in [6, 6.07) is 19.3. The van der Waals surface area contributed by atoms with Gasteiger partial charge in [0.2, 0.25) is 0 Å². The van der Waals surface area contributed by atoms with Gasteiger partial charge in [-0.2, -0.15) is 0 Å². The summed E-state index contributed by atoms with van der Waals surface area (Å²) >= 11 is 0. The molecule has 4 rings (SSSR count). The summed E-state index contributed by atoms with van der Waals surface area (Å²) in [7, 11) is -3.78. The maximum absolute atomic E-state index is 12.9. The molecule has 1 aromatic heterocycles. The second kappa shape index (κ2) is 9.52. The molecule has 0 saturated heterocycles. The van der Waals surface area contributed by atoms with Crippen LogP contribution < -0.4 is 10.0 Å². The molecule has 0 aliphatic rings. The first-order chi connectivity index (χ1) is 16.2. The number of aromatic nitrogens is 2. The predicted octanol–water partition coefficient (Wildman–Crippen LogP) is 4.53. The number of hydrogen-bond donors (Lipinski definition) is 2. The number of aryl methyl sites for hydroxylation is 3. The molecule has 34 heavy (non-hydrogen) atoms. The van der Waals surface area contributed by atoms with Crippen molar-refractivity contribution in [2.24, 2.45) is 0 Å². The third-order valence-corrected chi connectivity index (χ3v) is 6.97. The molecule has 0 spiro atoms. The van der Waals surface area contributed by atoms with Crippen LogP contribution in [0.4, 0.5) is 5.69 Å². The average Bonchev–Trinajstić information content (AvgIpc) is 3.25. The standard InChI is InChI=1S/C26H26N4O3S/c1-18-8-12-23(13-9-18)34(32,33)29-24-16-21(11-10-19(24)2)26(31)28-17-22-6-4-5-7-25(22)30-15-14-27-20(30)3/h4-16,29H,17H2,1-3H3,(H,28,31). The number of amides is 1. The van der Waals surface area contributed by atoms with E-state index in [9.17, 15) is 13.2 Å². The summed E-state index contributed by atoms with van der Waals surface area (Å²) < 4.78 is 30.2. The number of rotatable bonds is 7. The Morgan fingerprint density at radius 2 is 1.71 bits per heavy atom. The van der Waals surface area contributed by atoms with Crippen LogP contribution in [0.15, 0.2) is 84.0 Å². The highest BCUT2D eigenvalue weighted by Crippen LogP contribution is 2.22. The van der Waals surface area contributed by atoms with Crippen molar-refractivity contribution >= 4 is 21.6 Å². The largest absolute Gasteiger partial charge is 0.348 e. The Balaban J connectivity index is 1.52. The van der Waals surface area contributed by atoms with E-state index in [0.717, 1.165) is 22.6 Å². The lowest BCUT2D eigenvalue weighted by Gasteiger charge is -2.14. The van der Waals surface area contributed by atoms with E-state index in [1.54, 1.807) is 55.6 Å². The highest BCUT2D eigenvalue weighted by molar-refractivity contribution is 7.92. The molecule has 8 heteroatoms. The lowest BCUT2D eigenvalue weighted by atomic mass is 10.1. The molecule has 0 fully saturated rings. The summed E-state index contributed by atoms with van der Waals surface area (Å²) in [5, 5.41) is 2.93. The Bertz CT molecular complexity index is 1440. The third-order valence-electron chi connectivity index (χ3n) is 5.59. The lowest BCUT2D eigenvalue weighted by Crippen LogP contribution is -2.24. The molecule has 1 heterocycles. The normalized spacial score (nSPS) is 11.3. The summed E-state index contributed by atoms with van der Waals surface area (Å²) in [5.41, 5.74) is 4.29. The van der Waals surface area contributed by atoms with Crippen LogP contribution >= 0.6 is 0 Å². The molecule has 4 aromatic rings. The monoisotopic (exact) mass is 474 g/mol. The van der Waals surface area contributed by atoms with E-state index < -0.39 is 10.0 Å². The smallest absolute Gasteiger partial charge is 0.261 e. The topological polar surface area (TPSA) is 93.1 Å². The highest BCUT2D eigenvalue weighted by atomic mass is 32.2. The van der Waals surface area contributed by atoms with E-state index in [4.69, 9.17) is 0 Å². The Kier molecular flexibility index (Phi) is 6.51. The Morgan fingerprint density at radius 1 is 0.971 bits per heavy atom. The van der Waals surface area contributed by atoms with Crippen molar-refractivity contribution in [1.29, 1.82) is 0 Å². The van der Waals surface area contributed by atoms with Crippen molar-refractivity contribution in [2.45, 2.75) is 32.2 Å². The number of nitrogens with zero attached hydrogens (tertiary/aromatic N) is 2. The van der Waals surface area contributed by atoms with Crippen molar-refractivity contribution in [3.8, 4) is 5.69 Å². The van der Waals surface area contributed by atoms with Gasteiger partial charge in [0, 0.05) is 24.5 Å². The van der Waals surface area contributed by atoms with Gasteiger partial charge < -0.3 is 9.88 Å². The molecule has 2 N–H and O–H groups in total. The quantitative estimate of drug-likeness (QED) is 0.412. The van der Waals surface area contributed by atoms with Crippen LogP contribution in [0.5, 0.6) is 0 Å². The SMILES string of the molecule is Cc1ccc(S(=O)(=O)Nc2cc(C(=O)NCc3ccccc3-n3ccnc3C)ccc2C)cc1. The van der Waals surface area contributed by atoms with Crippen LogP contribution in [0.1, 0.15) is 32.9 Å². The first-order valence-corrected chi connectivity index (χ1v) is 12.3. The number of carbonyl (C=O) groups is 1. The molecule has 0 saturated carbocycles. The predicted molar refractivity (Wildman–Crippen MR) is 133 cm³/mol. The van der Waals surface area contributed by atoms with Gasteiger partial charge in [0.1, 0.15) is 5.82 Å². The van der Waals surface area contributed by atoms with Crippen LogP contribution in [0.3, 0.4) is 0 Å². The molecule has 0 unspecified atom stereocenters. The summed E-state index contributed by atoms with van der Waals surface area (Å²) in [5.74, 6) is 0.552. The maximum atomic E-state index is 12.9. The summed E-state index contributed by atoms with van der Waals surface area (Å²) in [6.07, 6.45) is 3.61. The number of imidazole rings is 1. The number of benzene rings is 3. The second-order valence-corrected chi connectivity index (χ2v) is 9.79. The van der Waals surface area contributed by atoms with Crippen LogP contribution in [-0.4, -0.2) is 23.9 Å². The minimum absolute atomic E-state index is 0.166. The van der Waals surface area contributed by atoms with Crippen molar-refractivity contribution < 1.29 is 13.2 Å². The second-order valence-electron chi connectivity index (χ2n) is 8.10. The Morgan fingerprint density at radius 3 is 2.41 bits per heavy atom. The first kappa shape index (κ1) is 23.3. The van der Waals surface area contributed by atoms with Gasteiger partial charge in [-0.05, 0) is 62.2 Å². The molecule has 0 aliphatic carbocycles. The minimum atomic E-state index is -3.78. The number of para-hydroxylation sites is 1. The maximum Gasteiger partial charge on any atom is 0.261 e. The van der Waals surface area contributed by atoms with E-state index in [2.05, 4.69) is 15.0 Å². The average molecular weight is 475 g/mol. The molecule has 0 radical (unpaired) electrons. The van der Waals surface area contributed by atoms with Gasteiger partial charge in [-0.3, -0.25) is 9.52 Å². The fraction of sp³-hybridized carbons (Fsp3) is 0.154. The fourth-order valence-corrected chi connectivity index (χ4v) is 4.72. The van der Waals surface area contributed by atoms with E-state index in [1.165, 1.54) is 0 Å². The van der Waals surface area contributed by atoms with Gasteiger partial charge in [-0.15, -0.1) is 0 Å². The Hall–Kier alpha value is -3.91. The third kappa shape index (κ3) is 5.02. The van der Waals surface area contributed by atoms with Gasteiger partial charge in [0.05, 0.1) is 16.3 Å². The number of nitrogens with one attached hydrogen (secondary N) is 2. The van der Waals surface area contributed by atoms with Gasteiger partial charge in [-0.1, -0.05) is 42.0 Å². The number of sulfonamides is 1. The summed E-state index contributed by atoms with van der Waals surface area (Å²) in [4.78, 5) is 17.3. The molecule has 0 aliphatic heterocycles. The van der Waals surface area contributed by atoms with Crippen LogP contribution in [0, 0.1) is 20.8 Å². The van der Waals surface area contributed by atoms with E-state index in [-0.39, 0.29) is 10.8 Å². The number of carbonyl (C=O) groups excluding carboxylic acids is 1. The number of anilines is 1. The van der Waals surface area contributed by atoms with E-state index in [1.807, 2.05) is 48.9 Å². The van der Waals surface area contributed by atoms with Crippen molar-refractivity contribution in [1.82, 2.24) is 14.9 Å². The van der Waals surface area contributed by atoms with Crippen molar-refractivity contribution in [3.05, 3.63) is 107 Å². The molecule has 0 atom stereocenters. The van der Waals surface area contributed by atoms with Gasteiger partial charge >= 0.3 is 0 Å². The molecular weight excluding hydrogens is 448 g/mol. The van der Waals surface area contributed by atoms with Crippen molar-refractivity contribution in [3.63, 3.8) is 0 Å². The first-order valence-electron chi connectivity index (χ1n) is 10.8. The fourth-order valence-electron chi connectivity index (χ4n) is 3.60. The molecule has 0 bridgehead atoms. The van der Waals surface area contributed by atoms with Gasteiger partial charge in [0.15, 0.2) is 0 Å². The molecule has 1 amide bonds. The van der Waals surface area contributed by atoms with E-state index in [0.29, 0.717) is 23.4 Å². The zero-order chi connectivity index (χ0) is 24.3. The zero-order valence-electron chi connectivity index (χ0n) is 19.2. The van der Waals surface area contributed by atoms with Crippen LogP contribution in [-0.2, 0) is 16.6 Å². The Labute approximate surface area is 199 Å². The molecular formula is C26H26N4O3S. The molecule has 3 aromatic carbocycles. The lowest BCUT2D eigenvalue weighted by molar-refractivity contribution is 0.0951. The number of hydrogen-bond acceptors (Lipinski definition) is 4. The molecule has 7 nitrogen and oxygen atoms in total. The van der Waals surface area contributed by atoms with Gasteiger partial charge in [-0.25, -0.2) is 13.4 Å². The van der Waals surface area contributed by atoms with Crippen molar-refractivity contribution in [2.75, 3.05) is 4.72 Å². The molecule has 174 valence electrons. The van der Waals surface area contributed by atoms with E-state index >= 15 is 0 Å². The zero-order valence-corrected chi connectivity index (χ0v) is 20.1. The summed E-state index contributed by atoms with van der Waals surface area (Å²) in [6.45, 7) is 5.91. The minimum Gasteiger partial charge on any atom is -0.348 e. The van der Waals surface area contributed by atoms with Crippen LogP contribution in [0.25, 0.3) is 5.69 Å². The highest BCUT2D eigenvalue weighted by Gasteiger charge is 2.17.